The van der Waals surface area contributed by atoms with E-state index >= 15 is 0 Å². The Hall–Kier alpha value is -0.500. The molecule has 2 heterocycles. The van der Waals surface area contributed by atoms with Crippen LogP contribution in [-0.4, -0.2) is 18.8 Å². The van der Waals surface area contributed by atoms with E-state index in [2.05, 4.69) is 0 Å². The van der Waals surface area contributed by atoms with E-state index in [0.29, 0.717) is 6.10 Å². The Labute approximate surface area is 48.1 Å². The molecule has 1 fully saturated rings. The third-order valence-corrected chi connectivity index (χ3v) is 1.60. The van der Waals surface area contributed by atoms with Gasteiger partial charge >= 0.3 is 0 Å². The summed E-state index contributed by atoms with van der Waals surface area (Å²) >= 11 is 0. The molecule has 0 N–H and O–H groups in total. The summed E-state index contributed by atoms with van der Waals surface area (Å²) in [4.78, 5) is 0. The van der Waals surface area contributed by atoms with Crippen molar-refractivity contribution in [3.8, 4) is 0 Å². The van der Waals surface area contributed by atoms with Crippen molar-refractivity contribution in [2.45, 2.75) is 18.6 Å². The fraction of sp³-hybridized carbons (Fsp3) is 0.667. The number of rotatable bonds is 0. The molecule has 0 radical (unpaired) electrons. The van der Waals surface area contributed by atoms with Gasteiger partial charge in [0.05, 0.1) is 12.9 Å². The molecule has 1 saturated heterocycles. The number of fused-ring (bicyclic) bond motifs is 1. The zero-order valence-corrected chi connectivity index (χ0v) is 4.54. The first-order chi connectivity index (χ1) is 3.97. The quantitative estimate of drug-likeness (QED) is 0.459. The normalized spacial score (nSPS) is 42.0. The molecule has 2 atom stereocenters. The van der Waals surface area contributed by atoms with Gasteiger partial charge < -0.3 is 9.47 Å². The standard InChI is InChI=1S/C6H8O2/c1-3-7-6-2-4-8-5(1)6/h1,3,5-6H,2,4H2/t5-,6-/m1/s1. The molecule has 0 bridgehead atoms. The number of hydrogen-bond acceptors (Lipinski definition) is 2. The lowest BCUT2D eigenvalue weighted by Gasteiger charge is -2.04. The van der Waals surface area contributed by atoms with Crippen molar-refractivity contribution in [3.63, 3.8) is 0 Å². The smallest absolute Gasteiger partial charge is 0.130 e. The Morgan fingerprint density at radius 2 is 2.50 bits per heavy atom. The molecule has 0 spiro atoms. The van der Waals surface area contributed by atoms with Crippen LogP contribution in [-0.2, 0) is 9.47 Å². The second-order valence-electron chi connectivity index (χ2n) is 2.13. The molecule has 2 aliphatic heterocycles. The first-order valence-electron chi connectivity index (χ1n) is 2.90. The molecule has 0 aromatic heterocycles. The topological polar surface area (TPSA) is 18.5 Å². The number of ether oxygens (including phenoxy) is 2. The van der Waals surface area contributed by atoms with Crippen molar-refractivity contribution >= 4 is 0 Å². The van der Waals surface area contributed by atoms with Crippen LogP contribution in [0.2, 0.25) is 0 Å². The average molecular weight is 112 g/mol. The van der Waals surface area contributed by atoms with Crippen molar-refractivity contribution in [2.75, 3.05) is 6.61 Å². The van der Waals surface area contributed by atoms with Crippen LogP contribution < -0.4 is 0 Å². The van der Waals surface area contributed by atoms with E-state index in [1.807, 2.05) is 6.08 Å². The van der Waals surface area contributed by atoms with Crippen LogP contribution in [0.4, 0.5) is 0 Å². The summed E-state index contributed by atoms with van der Waals surface area (Å²) in [6.45, 7) is 0.861. The van der Waals surface area contributed by atoms with Crippen LogP contribution in [0.5, 0.6) is 0 Å². The lowest BCUT2D eigenvalue weighted by Crippen LogP contribution is -2.14. The summed E-state index contributed by atoms with van der Waals surface area (Å²) in [5.74, 6) is 0. The zero-order valence-electron chi connectivity index (χ0n) is 4.54. The monoisotopic (exact) mass is 112 g/mol. The highest BCUT2D eigenvalue weighted by Gasteiger charge is 2.30. The Morgan fingerprint density at radius 3 is 3.38 bits per heavy atom. The van der Waals surface area contributed by atoms with Gasteiger partial charge in [-0.3, -0.25) is 0 Å². The fourth-order valence-electron chi connectivity index (χ4n) is 1.14. The van der Waals surface area contributed by atoms with Crippen LogP contribution in [0.3, 0.4) is 0 Å². The molecular formula is C6H8O2. The van der Waals surface area contributed by atoms with Crippen molar-refractivity contribution in [1.82, 2.24) is 0 Å². The van der Waals surface area contributed by atoms with E-state index in [9.17, 15) is 0 Å². The second-order valence-corrected chi connectivity index (χ2v) is 2.13. The molecule has 0 aromatic carbocycles. The Balaban J connectivity index is 2.13. The first-order valence-corrected chi connectivity index (χ1v) is 2.90. The van der Waals surface area contributed by atoms with Gasteiger partial charge in [0.2, 0.25) is 0 Å². The minimum absolute atomic E-state index is 0.273. The summed E-state index contributed by atoms with van der Waals surface area (Å²) in [6.07, 6.45) is 5.37. The third kappa shape index (κ3) is 0.464. The van der Waals surface area contributed by atoms with Gasteiger partial charge in [-0.15, -0.1) is 0 Å². The van der Waals surface area contributed by atoms with Crippen molar-refractivity contribution < 1.29 is 9.47 Å². The van der Waals surface area contributed by atoms with Crippen LogP contribution in [0.15, 0.2) is 12.3 Å². The van der Waals surface area contributed by atoms with Gasteiger partial charge in [-0.1, -0.05) is 0 Å². The number of hydrogen-bond donors (Lipinski definition) is 0. The lowest BCUT2D eigenvalue weighted by molar-refractivity contribution is 0.0902. The van der Waals surface area contributed by atoms with E-state index in [1.165, 1.54) is 0 Å². The summed E-state index contributed by atoms with van der Waals surface area (Å²) in [5, 5.41) is 0. The largest absolute Gasteiger partial charge is 0.495 e. The fourth-order valence-corrected chi connectivity index (χ4v) is 1.14. The minimum atomic E-state index is 0.273. The molecule has 44 valence electrons. The van der Waals surface area contributed by atoms with Gasteiger partial charge in [0.25, 0.3) is 0 Å². The predicted octanol–water partition coefficient (Wildman–Crippen LogP) is 0.688. The lowest BCUT2D eigenvalue weighted by atomic mass is 10.2. The SMILES string of the molecule is C1=C[C@H]2OCC[C@H]2O1. The van der Waals surface area contributed by atoms with Crippen LogP contribution in [0, 0.1) is 0 Å². The van der Waals surface area contributed by atoms with E-state index in [0.717, 1.165) is 13.0 Å². The first kappa shape index (κ1) is 4.39. The molecule has 2 heteroatoms. The Morgan fingerprint density at radius 1 is 1.50 bits per heavy atom. The molecule has 0 amide bonds. The van der Waals surface area contributed by atoms with Crippen molar-refractivity contribution in [2.24, 2.45) is 0 Å². The van der Waals surface area contributed by atoms with Crippen LogP contribution >= 0.6 is 0 Å². The summed E-state index contributed by atoms with van der Waals surface area (Å²) in [7, 11) is 0. The summed E-state index contributed by atoms with van der Waals surface area (Å²) in [6, 6.07) is 0. The predicted molar refractivity (Wildman–Crippen MR) is 28.4 cm³/mol. The molecule has 0 unspecified atom stereocenters. The maximum atomic E-state index is 5.27. The van der Waals surface area contributed by atoms with Crippen molar-refractivity contribution in [1.29, 1.82) is 0 Å². The van der Waals surface area contributed by atoms with Gasteiger partial charge in [0, 0.05) is 6.42 Å². The van der Waals surface area contributed by atoms with Gasteiger partial charge in [-0.25, -0.2) is 0 Å². The highest BCUT2D eigenvalue weighted by atomic mass is 16.6. The molecular weight excluding hydrogens is 104 g/mol. The maximum Gasteiger partial charge on any atom is 0.130 e. The molecule has 8 heavy (non-hydrogen) atoms. The molecule has 2 aliphatic rings. The van der Waals surface area contributed by atoms with Gasteiger partial charge in [0.1, 0.15) is 12.2 Å². The second kappa shape index (κ2) is 1.49. The molecule has 0 aromatic rings. The average Bonchev–Trinajstić information content (AvgIpc) is 2.15. The van der Waals surface area contributed by atoms with Crippen molar-refractivity contribution in [3.05, 3.63) is 12.3 Å². The third-order valence-electron chi connectivity index (χ3n) is 1.60. The summed E-state index contributed by atoms with van der Waals surface area (Å²) < 4.78 is 10.4. The maximum absolute atomic E-state index is 5.27. The molecule has 2 rings (SSSR count). The van der Waals surface area contributed by atoms with E-state index in [1.54, 1.807) is 6.26 Å². The molecule has 0 aliphatic carbocycles. The minimum Gasteiger partial charge on any atom is -0.495 e. The van der Waals surface area contributed by atoms with Gasteiger partial charge in [-0.2, -0.15) is 0 Å². The van der Waals surface area contributed by atoms with E-state index in [4.69, 9.17) is 9.47 Å². The Bertz CT molecular complexity index is 120. The van der Waals surface area contributed by atoms with E-state index in [-0.39, 0.29) is 6.10 Å². The van der Waals surface area contributed by atoms with Gasteiger partial charge in [-0.05, 0) is 6.08 Å². The molecule has 0 saturated carbocycles. The Kier molecular flexibility index (Phi) is 0.815. The highest BCUT2D eigenvalue weighted by molar-refractivity contribution is 4.99. The molecule has 2 nitrogen and oxygen atoms in total. The zero-order chi connectivity index (χ0) is 5.40. The van der Waals surface area contributed by atoms with Gasteiger partial charge in [0.15, 0.2) is 0 Å². The van der Waals surface area contributed by atoms with Crippen LogP contribution in [0.25, 0.3) is 0 Å². The van der Waals surface area contributed by atoms with Crippen LogP contribution in [0.1, 0.15) is 6.42 Å². The highest BCUT2D eigenvalue weighted by Crippen LogP contribution is 2.22. The summed E-state index contributed by atoms with van der Waals surface area (Å²) in [5.41, 5.74) is 0. The van der Waals surface area contributed by atoms with E-state index < -0.39 is 0 Å².